The van der Waals surface area contributed by atoms with Crippen LogP contribution in [-0.4, -0.2) is 129 Å². The van der Waals surface area contributed by atoms with Crippen LogP contribution in [0.1, 0.15) is 85.8 Å². The number of hydrogen-bond donors (Lipinski definition) is 11. The maximum atomic E-state index is 14.2. The molecule has 0 heterocycles. The van der Waals surface area contributed by atoms with E-state index in [-0.39, 0.29) is 43.4 Å². The summed E-state index contributed by atoms with van der Waals surface area (Å²) in [4.78, 5) is 107. The van der Waals surface area contributed by atoms with E-state index in [1.54, 1.807) is 95.3 Å². The monoisotopic (exact) mass is 912 g/mol. The molecule has 1 unspecified atom stereocenters. The lowest BCUT2D eigenvalue weighted by molar-refractivity contribution is -0.144. The highest BCUT2D eigenvalue weighted by Gasteiger charge is 2.36. The van der Waals surface area contributed by atoms with Gasteiger partial charge < -0.3 is 57.6 Å². The quantitative estimate of drug-likeness (QED) is 0.0558. The molecule has 0 spiro atoms. The van der Waals surface area contributed by atoms with Gasteiger partial charge in [0.25, 0.3) is 0 Å². The van der Waals surface area contributed by atoms with E-state index in [4.69, 9.17) is 0 Å². The molecule has 0 bridgehead atoms. The van der Waals surface area contributed by atoms with Gasteiger partial charge in [-0.15, -0.1) is 0 Å². The molecule has 0 radical (unpaired) electrons. The molecule has 0 aliphatic carbocycles. The van der Waals surface area contributed by atoms with Crippen molar-refractivity contribution in [2.75, 3.05) is 6.61 Å². The zero-order chi connectivity index (χ0) is 49.0. The Balaban J connectivity index is 2.42. The number of aliphatic carboxylic acids is 1. The summed E-state index contributed by atoms with van der Waals surface area (Å²) >= 11 is 0. The van der Waals surface area contributed by atoms with E-state index < -0.39 is 108 Å². The Morgan fingerprint density at radius 2 is 0.785 bits per heavy atom. The number of aliphatic hydroxyl groups is 3. The van der Waals surface area contributed by atoms with Gasteiger partial charge in [-0.3, -0.25) is 33.6 Å². The molecule has 2 rings (SSSR count). The van der Waals surface area contributed by atoms with Gasteiger partial charge in [0, 0.05) is 18.8 Å². The predicted octanol–water partition coefficient (Wildman–Crippen LogP) is -0.158. The van der Waals surface area contributed by atoms with Crippen molar-refractivity contribution in [2.24, 2.45) is 17.8 Å². The van der Waals surface area contributed by atoms with Gasteiger partial charge in [-0.25, -0.2) is 4.79 Å². The van der Waals surface area contributed by atoms with Crippen molar-refractivity contribution >= 4 is 47.3 Å². The first-order valence-corrected chi connectivity index (χ1v) is 22.0. The summed E-state index contributed by atoms with van der Waals surface area (Å²) in [5.41, 5.74) is 1.35. The van der Waals surface area contributed by atoms with Crippen LogP contribution >= 0.6 is 0 Å². The van der Waals surface area contributed by atoms with Crippen molar-refractivity contribution in [3.8, 4) is 0 Å². The SMILES string of the molecule is CCC(C)C(=O)N[C@H](Cc1ccccc1)C(=O)N[C@@H](C(=O)N[C@H](CC(C)C)C(=O)N[C@H](Cc1ccccc1)C(=O)N[C@H](CC(C)C)C(=O)N[C@@H](C(=O)N[C@@H](CO)C(=O)O)[C@@H](C)O)[C@@H](C)O. The van der Waals surface area contributed by atoms with Crippen molar-refractivity contribution in [1.29, 1.82) is 0 Å². The Morgan fingerprint density at radius 1 is 0.462 bits per heavy atom. The third-order valence-corrected chi connectivity index (χ3v) is 10.5. The minimum Gasteiger partial charge on any atom is -0.480 e. The molecule has 0 saturated carbocycles. The zero-order valence-electron chi connectivity index (χ0n) is 38.5. The average molecular weight is 912 g/mol. The highest BCUT2D eigenvalue weighted by atomic mass is 16.4. The molecule has 19 heteroatoms. The third-order valence-electron chi connectivity index (χ3n) is 10.5. The lowest BCUT2D eigenvalue weighted by Gasteiger charge is -2.29. The summed E-state index contributed by atoms with van der Waals surface area (Å²) in [5.74, 6) is -8.03. The number of rotatable bonds is 27. The molecular weight excluding hydrogens is 843 g/mol. The van der Waals surface area contributed by atoms with Crippen LogP contribution in [0.5, 0.6) is 0 Å². The van der Waals surface area contributed by atoms with E-state index in [0.29, 0.717) is 12.0 Å². The molecule has 2 aromatic rings. The number of benzene rings is 2. The maximum Gasteiger partial charge on any atom is 0.328 e. The average Bonchev–Trinajstić information content (AvgIpc) is 3.24. The summed E-state index contributed by atoms with van der Waals surface area (Å²) in [5, 5.41) is 57.5. The van der Waals surface area contributed by atoms with Crippen molar-refractivity contribution < 1.29 is 58.8 Å². The first-order chi connectivity index (χ1) is 30.6. The number of carbonyl (C=O) groups excluding carboxylic acids is 7. The summed E-state index contributed by atoms with van der Waals surface area (Å²) < 4.78 is 0. The van der Waals surface area contributed by atoms with Gasteiger partial charge in [0.1, 0.15) is 42.3 Å². The zero-order valence-corrected chi connectivity index (χ0v) is 38.5. The van der Waals surface area contributed by atoms with Gasteiger partial charge >= 0.3 is 5.97 Å². The molecule has 0 aromatic heterocycles. The first kappa shape index (κ1) is 55.2. The van der Waals surface area contributed by atoms with Crippen molar-refractivity contribution in [3.05, 3.63) is 71.8 Å². The van der Waals surface area contributed by atoms with Gasteiger partial charge in [0.15, 0.2) is 0 Å². The molecular formula is C46H69N7O12. The Kier molecular flexibility index (Phi) is 23.3. The van der Waals surface area contributed by atoms with Gasteiger partial charge in [0.2, 0.25) is 41.4 Å². The smallest absolute Gasteiger partial charge is 0.328 e. The molecule has 11 N–H and O–H groups in total. The Bertz CT molecular complexity index is 1880. The Labute approximate surface area is 380 Å². The minimum atomic E-state index is -1.72. The number of carboxylic acids is 1. The fraction of sp³-hybridized carbons (Fsp3) is 0.565. The number of nitrogens with one attached hydrogen (secondary N) is 7. The third kappa shape index (κ3) is 19.0. The van der Waals surface area contributed by atoms with E-state index in [1.165, 1.54) is 13.8 Å². The van der Waals surface area contributed by atoms with Crippen LogP contribution in [0.4, 0.5) is 0 Å². The standard InChI is InChI=1S/C46H69N7O12/c1-9-27(6)39(57)47-35(23-31-18-14-11-15-19-31)43(61)53-37(28(7)55)44(62)50-32(20-25(2)3)40(58)49-34(22-30-16-12-10-13-17-30)41(59)48-33(21-26(4)5)42(60)52-38(29(8)56)45(63)51-36(24-54)46(64)65/h10-19,25-29,32-38,54-56H,9,20-24H2,1-8H3,(H,47,57)(H,48,59)(H,49,58)(H,50,62)(H,51,63)(H,52,60)(H,53,61)(H,64,65)/t27?,28-,29-,32-,33-,34-,35-,36+,37-,38-/m1/s1. The molecule has 0 saturated heterocycles. The van der Waals surface area contributed by atoms with E-state index in [1.807, 2.05) is 12.2 Å². The number of carboxylic acid groups (broad SMARTS) is 1. The number of hydrogen-bond acceptors (Lipinski definition) is 11. The second-order valence-electron chi connectivity index (χ2n) is 17.2. The fourth-order valence-electron chi connectivity index (χ4n) is 6.59. The van der Waals surface area contributed by atoms with Crippen LogP contribution < -0.4 is 37.2 Å². The summed E-state index contributed by atoms with van der Waals surface area (Å²) in [7, 11) is 0. The predicted molar refractivity (Wildman–Crippen MR) is 240 cm³/mol. The number of amides is 7. The number of aliphatic hydroxyl groups excluding tert-OH is 3. The molecule has 65 heavy (non-hydrogen) atoms. The van der Waals surface area contributed by atoms with E-state index in [9.17, 15) is 58.8 Å². The summed E-state index contributed by atoms with van der Waals surface area (Å²) in [6.07, 6.45) is -2.39. The van der Waals surface area contributed by atoms with Gasteiger partial charge in [-0.05, 0) is 56.1 Å². The lowest BCUT2D eigenvalue weighted by atomic mass is 9.99. The minimum absolute atomic E-state index is 0.0259. The maximum absolute atomic E-state index is 14.2. The van der Waals surface area contributed by atoms with Gasteiger partial charge in [-0.1, -0.05) is 102 Å². The molecule has 0 aliphatic rings. The van der Waals surface area contributed by atoms with Gasteiger partial charge in [-0.2, -0.15) is 0 Å². The molecule has 0 fully saturated rings. The lowest BCUT2D eigenvalue weighted by Crippen LogP contribution is -2.62. The first-order valence-electron chi connectivity index (χ1n) is 22.0. The Hall–Kier alpha value is -5.92. The van der Waals surface area contributed by atoms with Crippen molar-refractivity contribution in [3.63, 3.8) is 0 Å². The topological polar surface area (TPSA) is 302 Å². The fourth-order valence-corrected chi connectivity index (χ4v) is 6.59. The Morgan fingerprint density at radius 3 is 1.14 bits per heavy atom. The second-order valence-corrected chi connectivity index (χ2v) is 17.2. The van der Waals surface area contributed by atoms with Crippen molar-refractivity contribution in [2.45, 2.75) is 142 Å². The molecule has 19 nitrogen and oxygen atoms in total. The normalized spacial score (nSPS) is 15.9. The molecule has 0 aliphatic heterocycles. The molecule has 360 valence electrons. The highest BCUT2D eigenvalue weighted by Crippen LogP contribution is 2.13. The van der Waals surface area contributed by atoms with Crippen LogP contribution in [0.3, 0.4) is 0 Å². The van der Waals surface area contributed by atoms with Crippen LogP contribution in [0.15, 0.2) is 60.7 Å². The van der Waals surface area contributed by atoms with Crippen LogP contribution in [0.2, 0.25) is 0 Å². The van der Waals surface area contributed by atoms with Crippen molar-refractivity contribution in [1.82, 2.24) is 37.2 Å². The number of carbonyl (C=O) groups is 8. The van der Waals surface area contributed by atoms with Crippen LogP contribution in [0, 0.1) is 17.8 Å². The van der Waals surface area contributed by atoms with E-state index >= 15 is 0 Å². The summed E-state index contributed by atoms with van der Waals surface area (Å²) in [6.45, 7) is 12.2. The van der Waals surface area contributed by atoms with E-state index in [2.05, 4.69) is 31.9 Å². The second kappa shape index (κ2) is 27.4. The largest absolute Gasteiger partial charge is 0.480 e. The van der Waals surface area contributed by atoms with E-state index in [0.717, 1.165) is 5.56 Å². The van der Waals surface area contributed by atoms with Gasteiger partial charge in [0.05, 0.1) is 18.8 Å². The molecule has 10 atom stereocenters. The summed E-state index contributed by atoms with van der Waals surface area (Å²) in [6, 6.07) is 7.47. The highest BCUT2D eigenvalue weighted by molar-refractivity contribution is 5.98. The molecule has 2 aromatic carbocycles. The van der Waals surface area contributed by atoms with Crippen LogP contribution in [0.25, 0.3) is 0 Å². The molecule has 7 amide bonds. The van der Waals surface area contributed by atoms with Crippen LogP contribution in [-0.2, 0) is 51.2 Å².